The van der Waals surface area contributed by atoms with E-state index >= 15 is 0 Å². The van der Waals surface area contributed by atoms with Gasteiger partial charge in [0.05, 0.1) is 12.2 Å². The van der Waals surface area contributed by atoms with Gasteiger partial charge in [0.15, 0.2) is 0 Å². The van der Waals surface area contributed by atoms with E-state index < -0.39 is 0 Å². The molecule has 2 atom stereocenters. The van der Waals surface area contributed by atoms with Gasteiger partial charge in [-0.2, -0.15) is 0 Å². The van der Waals surface area contributed by atoms with Crippen molar-refractivity contribution < 1.29 is 9.47 Å². The number of nitrogens with two attached hydrogens (primary N) is 1. The number of rotatable bonds is 2. The van der Waals surface area contributed by atoms with Crippen LogP contribution in [0.5, 0.6) is 5.75 Å². The number of ether oxygens (including phenoxy) is 2. The molecular formula is C14H21NO2. The summed E-state index contributed by atoms with van der Waals surface area (Å²) in [6.45, 7) is 6.22. The summed E-state index contributed by atoms with van der Waals surface area (Å²) in [5.41, 5.74) is 7.60. The number of benzene rings is 1. The molecule has 3 nitrogen and oxygen atoms in total. The number of anilines is 1. The van der Waals surface area contributed by atoms with Gasteiger partial charge in [0, 0.05) is 18.5 Å². The van der Waals surface area contributed by atoms with E-state index in [1.807, 2.05) is 25.1 Å². The third kappa shape index (κ3) is 3.13. The van der Waals surface area contributed by atoms with Gasteiger partial charge in [0.2, 0.25) is 0 Å². The molecule has 2 N–H and O–H groups in total. The third-order valence-corrected chi connectivity index (χ3v) is 3.15. The van der Waals surface area contributed by atoms with Gasteiger partial charge in [-0.05, 0) is 44.5 Å². The average molecular weight is 235 g/mol. The monoisotopic (exact) mass is 235 g/mol. The van der Waals surface area contributed by atoms with Crippen LogP contribution in [0.1, 0.15) is 32.3 Å². The standard InChI is InChI=1S/C14H21NO2/c1-9-6-12(15)4-5-14(9)17-13-7-10(2)16-11(3)8-13/h4-6,10-11,13H,7-8,15H2,1-3H3. The highest BCUT2D eigenvalue weighted by Crippen LogP contribution is 2.27. The average Bonchev–Trinajstić information content (AvgIpc) is 2.21. The Kier molecular flexibility index (Phi) is 3.57. The summed E-state index contributed by atoms with van der Waals surface area (Å²) < 4.78 is 11.7. The summed E-state index contributed by atoms with van der Waals surface area (Å²) in [6.07, 6.45) is 2.70. The van der Waals surface area contributed by atoms with Crippen molar-refractivity contribution in [1.29, 1.82) is 0 Å². The molecule has 0 aromatic heterocycles. The maximum absolute atomic E-state index is 6.05. The molecule has 1 aliphatic rings. The van der Waals surface area contributed by atoms with E-state index in [4.69, 9.17) is 15.2 Å². The summed E-state index contributed by atoms with van der Waals surface area (Å²) in [7, 11) is 0. The van der Waals surface area contributed by atoms with Crippen LogP contribution in [-0.2, 0) is 4.74 Å². The molecule has 3 heteroatoms. The second-order valence-electron chi connectivity index (χ2n) is 4.99. The van der Waals surface area contributed by atoms with E-state index in [0.29, 0.717) is 0 Å². The molecule has 0 spiro atoms. The van der Waals surface area contributed by atoms with Gasteiger partial charge in [-0.25, -0.2) is 0 Å². The quantitative estimate of drug-likeness (QED) is 0.802. The van der Waals surface area contributed by atoms with Gasteiger partial charge in [-0.3, -0.25) is 0 Å². The van der Waals surface area contributed by atoms with Crippen molar-refractivity contribution in [1.82, 2.24) is 0 Å². The zero-order valence-electron chi connectivity index (χ0n) is 10.8. The predicted octanol–water partition coefficient (Wildman–Crippen LogP) is 2.91. The van der Waals surface area contributed by atoms with Gasteiger partial charge in [0.1, 0.15) is 11.9 Å². The van der Waals surface area contributed by atoms with Crippen LogP contribution < -0.4 is 10.5 Å². The highest BCUT2D eigenvalue weighted by Gasteiger charge is 2.26. The van der Waals surface area contributed by atoms with Gasteiger partial charge in [0.25, 0.3) is 0 Å². The summed E-state index contributed by atoms with van der Waals surface area (Å²) in [5.74, 6) is 0.936. The van der Waals surface area contributed by atoms with Crippen molar-refractivity contribution in [3.63, 3.8) is 0 Å². The molecule has 94 valence electrons. The minimum absolute atomic E-state index is 0.246. The molecule has 0 bridgehead atoms. The molecule has 0 amide bonds. The minimum atomic E-state index is 0.246. The SMILES string of the molecule is Cc1cc(N)ccc1OC1CC(C)OC(C)C1. The number of hydrogen-bond donors (Lipinski definition) is 1. The third-order valence-electron chi connectivity index (χ3n) is 3.15. The van der Waals surface area contributed by atoms with Gasteiger partial charge < -0.3 is 15.2 Å². The summed E-state index contributed by atoms with van der Waals surface area (Å²) in [4.78, 5) is 0. The van der Waals surface area contributed by atoms with E-state index in [1.54, 1.807) is 0 Å². The molecule has 2 rings (SSSR count). The molecule has 1 aromatic carbocycles. The van der Waals surface area contributed by atoms with Gasteiger partial charge >= 0.3 is 0 Å². The first-order chi connectivity index (χ1) is 8.04. The lowest BCUT2D eigenvalue weighted by Gasteiger charge is -2.32. The summed E-state index contributed by atoms with van der Waals surface area (Å²) >= 11 is 0. The highest BCUT2D eigenvalue weighted by molar-refractivity contribution is 5.47. The predicted molar refractivity (Wildman–Crippen MR) is 69.3 cm³/mol. The van der Waals surface area contributed by atoms with Crippen molar-refractivity contribution in [3.05, 3.63) is 23.8 Å². The summed E-state index contributed by atoms with van der Waals surface area (Å²) in [5, 5.41) is 0. The molecule has 0 radical (unpaired) electrons. The van der Waals surface area contributed by atoms with Crippen molar-refractivity contribution >= 4 is 5.69 Å². The Morgan fingerprint density at radius 3 is 2.47 bits per heavy atom. The Hall–Kier alpha value is -1.22. The first kappa shape index (κ1) is 12.2. The zero-order chi connectivity index (χ0) is 12.4. The Balaban J connectivity index is 2.04. The van der Waals surface area contributed by atoms with Crippen LogP contribution in [0.3, 0.4) is 0 Å². The second kappa shape index (κ2) is 4.96. The molecule has 1 aromatic rings. The topological polar surface area (TPSA) is 44.5 Å². The largest absolute Gasteiger partial charge is 0.490 e. The van der Waals surface area contributed by atoms with Crippen molar-refractivity contribution in [2.75, 3.05) is 5.73 Å². The van der Waals surface area contributed by atoms with E-state index in [2.05, 4.69) is 13.8 Å². The van der Waals surface area contributed by atoms with Crippen LogP contribution in [0, 0.1) is 6.92 Å². The lowest BCUT2D eigenvalue weighted by Crippen LogP contribution is -2.35. The van der Waals surface area contributed by atoms with Gasteiger partial charge in [-0.1, -0.05) is 0 Å². The molecule has 2 unspecified atom stereocenters. The van der Waals surface area contributed by atoms with Crippen molar-refractivity contribution in [3.8, 4) is 5.75 Å². The Morgan fingerprint density at radius 2 is 1.88 bits per heavy atom. The Bertz CT molecular complexity index is 382. The normalized spacial score (nSPS) is 29.0. The summed E-state index contributed by atoms with van der Waals surface area (Å²) in [6, 6.07) is 5.78. The number of hydrogen-bond acceptors (Lipinski definition) is 3. The maximum atomic E-state index is 6.05. The molecular weight excluding hydrogens is 214 g/mol. The second-order valence-corrected chi connectivity index (χ2v) is 4.99. The van der Waals surface area contributed by atoms with E-state index in [9.17, 15) is 0 Å². The smallest absolute Gasteiger partial charge is 0.122 e. The molecule has 17 heavy (non-hydrogen) atoms. The first-order valence-corrected chi connectivity index (χ1v) is 6.23. The molecule has 1 saturated heterocycles. The molecule has 1 aliphatic heterocycles. The number of aryl methyl sites for hydroxylation is 1. The maximum Gasteiger partial charge on any atom is 0.122 e. The van der Waals surface area contributed by atoms with Crippen LogP contribution in [0.2, 0.25) is 0 Å². The number of nitrogen functional groups attached to an aromatic ring is 1. The lowest BCUT2D eigenvalue weighted by atomic mass is 10.0. The van der Waals surface area contributed by atoms with Crippen LogP contribution in [0.25, 0.3) is 0 Å². The Morgan fingerprint density at radius 1 is 1.24 bits per heavy atom. The fourth-order valence-electron chi connectivity index (χ4n) is 2.42. The van der Waals surface area contributed by atoms with Crippen LogP contribution >= 0.6 is 0 Å². The van der Waals surface area contributed by atoms with E-state index in [0.717, 1.165) is 29.8 Å². The molecule has 0 saturated carbocycles. The first-order valence-electron chi connectivity index (χ1n) is 6.23. The lowest BCUT2D eigenvalue weighted by molar-refractivity contribution is -0.0722. The van der Waals surface area contributed by atoms with Crippen molar-refractivity contribution in [2.24, 2.45) is 0 Å². The molecule has 0 aliphatic carbocycles. The van der Waals surface area contributed by atoms with E-state index in [1.165, 1.54) is 0 Å². The zero-order valence-corrected chi connectivity index (χ0v) is 10.8. The Labute approximate surface area is 103 Å². The fourth-order valence-corrected chi connectivity index (χ4v) is 2.42. The van der Waals surface area contributed by atoms with Crippen molar-refractivity contribution in [2.45, 2.75) is 51.9 Å². The minimum Gasteiger partial charge on any atom is -0.490 e. The van der Waals surface area contributed by atoms with Crippen LogP contribution in [0.15, 0.2) is 18.2 Å². The van der Waals surface area contributed by atoms with Crippen LogP contribution in [-0.4, -0.2) is 18.3 Å². The van der Waals surface area contributed by atoms with E-state index in [-0.39, 0.29) is 18.3 Å². The fraction of sp³-hybridized carbons (Fsp3) is 0.571. The van der Waals surface area contributed by atoms with Crippen LogP contribution in [0.4, 0.5) is 5.69 Å². The molecule has 1 heterocycles. The van der Waals surface area contributed by atoms with Gasteiger partial charge in [-0.15, -0.1) is 0 Å². The highest BCUT2D eigenvalue weighted by atomic mass is 16.5. The molecule has 1 fully saturated rings.